The standard InChI is InChI=1S/C14H25NO/c1-10(2)8-9-12(5)13(15-16)14(6,7)11(3)4/h8,12,16H,3,9H2,1-2,4-7H3. The van der Waals surface area contributed by atoms with Crippen LogP contribution in [0, 0.1) is 11.3 Å². The third-order valence-corrected chi connectivity index (χ3v) is 3.16. The summed E-state index contributed by atoms with van der Waals surface area (Å²) in [5.41, 5.74) is 2.86. The molecule has 0 saturated carbocycles. The fraction of sp³-hybridized carbons (Fsp3) is 0.643. The van der Waals surface area contributed by atoms with Crippen LogP contribution in [0.25, 0.3) is 0 Å². The smallest absolute Gasteiger partial charge is 0.0698 e. The van der Waals surface area contributed by atoms with Crippen molar-refractivity contribution in [2.45, 2.75) is 48.0 Å². The SMILES string of the molecule is C=C(C)C(C)(C)C(=NO)C(C)CC=C(C)C. The molecule has 16 heavy (non-hydrogen) atoms. The lowest BCUT2D eigenvalue weighted by molar-refractivity contribution is 0.306. The summed E-state index contributed by atoms with van der Waals surface area (Å²) >= 11 is 0. The molecule has 1 N–H and O–H groups in total. The van der Waals surface area contributed by atoms with E-state index in [1.54, 1.807) is 0 Å². The molecule has 0 rings (SSSR count). The molecule has 0 aliphatic rings. The Morgan fingerprint density at radius 3 is 2.19 bits per heavy atom. The Hall–Kier alpha value is -1.05. The minimum absolute atomic E-state index is 0.228. The second-order valence-corrected chi connectivity index (χ2v) is 5.31. The van der Waals surface area contributed by atoms with Crippen molar-refractivity contribution in [3.8, 4) is 0 Å². The van der Waals surface area contributed by atoms with Gasteiger partial charge in [-0.25, -0.2) is 0 Å². The van der Waals surface area contributed by atoms with E-state index >= 15 is 0 Å². The highest BCUT2D eigenvalue weighted by atomic mass is 16.4. The quantitative estimate of drug-likeness (QED) is 0.318. The molecular formula is C14H25NO. The third-order valence-electron chi connectivity index (χ3n) is 3.16. The Labute approximate surface area is 99.7 Å². The van der Waals surface area contributed by atoms with Crippen molar-refractivity contribution in [1.29, 1.82) is 0 Å². The molecule has 1 atom stereocenters. The highest BCUT2D eigenvalue weighted by Crippen LogP contribution is 2.31. The number of rotatable bonds is 5. The lowest BCUT2D eigenvalue weighted by Gasteiger charge is -2.29. The minimum Gasteiger partial charge on any atom is -0.411 e. The van der Waals surface area contributed by atoms with Gasteiger partial charge in [-0.15, -0.1) is 0 Å². The Kier molecular flexibility index (Phi) is 5.49. The molecule has 0 aromatic heterocycles. The molecule has 0 heterocycles. The van der Waals surface area contributed by atoms with Gasteiger partial charge in [0.05, 0.1) is 5.71 Å². The number of hydrogen-bond acceptors (Lipinski definition) is 2. The fourth-order valence-electron chi connectivity index (χ4n) is 1.58. The van der Waals surface area contributed by atoms with E-state index in [0.29, 0.717) is 0 Å². The normalized spacial score (nSPS) is 14.5. The molecule has 92 valence electrons. The summed E-state index contributed by atoms with van der Waals surface area (Å²) in [5, 5.41) is 12.7. The number of allylic oxidation sites excluding steroid dienone is 3. The fourth-order valence-corrected chi connectivity index (χ4v) is 1.58. The zero-order valence-electron chi connectivity index (χ0n) is 11.5. The lowest BCUT2D eigenvalue weighted by Crippen LogP contribution is -2.30. The van der Waals surface area contributed by atoms with Crippen LogP contribution in [-0.4, -0.2) is 10.9 Å². The van der Waals surface area contributed by atoms with Crippen LogP contribution in [0.1, 0.15) is 48.0 Å². The van der Waals surface area contributed by atoms with E-state index in [2.05, 4.69) is 38.6 Å². The molecule has 0 amide bonds. The Bertz CT molecular complexity index is 307. The summed E-state index contributed by atoms with van der Waals surface area (Å²) in [6, 6.07) is 0. The summed E-state index contributed by atoms with van der Waals surface area (Å²) in [6.45, 7) is 16.3. The zero-order chi connectivity index (χ0) is 12.9. The van der Waals surface area contributed by atoms with Crippen LogP contribution < -0.4 is 0 Å². The molecule has 0 aromatic carbocycles. The van der Waals surface area contributed by atoms with Gasteiger partial charge in [0.15, 0.2) is 0 Å². The number of hydrogen-bond donors (Lipinski definition) is 1. The summed E-state index contributed by atoms with van der Waals surface area (Å²) in [4.78, 5) is 0. The minimum atomic E-state index is -0.246. The van der Waals surface area contributed by atoms with Gasteiger partial charge in [-0.05, 0) is 27.2 Å². The van der Waals surface area contributed by atoms with Crippen LogP contribution in [0.3, 0.4) is 0 Å². The first kappa shape index (κ1) is 14.9. The molecular weight excluding hydrogens is 198 g/mol. The molecule has 0 fully saturated rings. The molecule has 0 saturated heterocycles. The summed E-state index contributed by atoms with van der Waals surface area (Å²) in [6.07, 6.45) is 3.07. The highest BCUT2D eigenvalue weighted by molar-refractivity contribution is 5.93. The highest BCUT2D eigenvalue weighted by Gasteiger charge is 2.30. The zero-order valence-corrected chi connectivity index (χ0v) is 11.5. The van der Waals surface area contributed by atoms with Crippen LogP contribution in [0.5, 0.6) is 0 Å². The van der Waals surface area contributed by atoms with E-state index in [4.69, 9.17) is 0 Å². The van der Waals surface area contributed by atoms with Crippen LogP contribution >= 0.6 is 0 Å². The molecule has 0 spiro atoms. The average molecular weight is 223 g/mol. The molecule has 0 radical (unpaired) electrons. The van der Waals surface area contributed by atoms with E-state index in [0.717, 1.165) is 17.7 Å². The Balaban J connectivity index is 4.90. The average Bonchev–Trinajstić information content (AvgIpc) is 2.15. The Morgan fingerprint density at radius 1 is 1.38 bits per heavy atom. The molecule has 2 heteroatoms. The van der Waals surface area contributed by atoms with Gasteiger partial charge in [-0.2, -0.15) is 0 Å². The largest absolute Gasteiger partial charge is 0.411 e. The van der Waals surface area contributed by atoms with E-state index in [1.165, 1.54) is 5.57 Å². The summed E-state index contributed by atoms with van der Waals surface area (Å²) in [7, 11) is 0. The van der Waals surface area contributed by atoms with Crippen molar-refractivity contribution >= 4 is 5.71 Å². The maximum Gasteiger partial charge on any atom is 0.0698 e. The first-order valence-electron chi connectivity index (χ1n) is 5.75. The topological polar surface area (TPSA) is 32.6 Å². The van der Waals surface area contributed by atoms with Crippen molar-refractivity contribution in [2.75, 3.05) is 0 Å². The van der Waals surface area contributed by atoms with Gasteiger partial charge >= 0.3 is 0 Å². The lowest BCUT2D eigenvalue weighted by atomic mass is 9.75. The van der Waals surface area contributed by atoms with Gasteiger partial charge in [0.2, 0.25) is 0 Å². The van der Waals surface area contributed by atoms with Crippen molar-refractivity contribution in [2.24, 2.45) is 16.5 Å². The van der Waals surface area contributed by atoms with Gasteiger partial charge in [-0.1, -0.05) is 49.7 Å². The first-order valence-corrected chi connectivity index (χ1v) is 5.75. The maximum absolute atomic E-state index is 9.17. The molecule has 0 aromatic rings. The van der Waals surface area contributed by atoms with Crippen LogP contribution in [-0.2, 0) is 0 Å². The monoisotopic (exact) mass is 223 g/mol. The van der Waals surface area contributed by atoms with Crippen molar-refractivity contribution in [3.05, 3.63) is 23.8 Å². The Morgan fingerprint density at radius 2 is 1.88 bits per heavy atom. The molecule has 1 unspecified atom stereocenters. The van der Waals surface area contributed by atoms with Gasteiger partial charge in [-0.3, -0.25) is 0 Å². The summed E-state index contributed by atoms with van der Waals surface area (Å²) in [5.74, 6) is 0.228. The predicted octanol–water partition coefficient (Wildman–Crippen LogP) is 4.41. The molecule has 0 bridgehead atoms. The molecule has 2 nitrogen and oxygen atoms in total. The molecule has 0 aliphatic heterocycles. The van der Waals surface area contributed by atoms with Gasteiger partial charge in [0.1, 0.15) is 0 Å². The molecule has 0 aliphatic carbocycles. The second kappa shape index (κ2) is 5.88. The van der Waals surface area contributed by atoms with E-state index in [-0.39, 0.29) is 11.3 Å². The predicted molar refractivity (Wildman–Crippen MR) is 71.0 cm³/mol. The van der Waals surface area contributed by atoms with Crippen LogP contribution in [0.15, 0.2) is 29.0 Å². The summed E-state index contributed by atoms with van der Waals surface area (Å²) < 4.78 is 0. The van der Waals surface area contributed by atoms with Gasteiger partial charge in [0, 0.05) is 11.3 Å². The van der Waals surface area contributed by atoms with Gasteiger partial charge < -0.3 is 5.21 Å². The maximum atomic E-state index is 9.17. The number of oxime groups is 1. The number of nitrogens with zero attached hydrogens (tertiary/aromatic N) is 1. The van der Waals surface area contributed by atoms with E-state index in [9.17, 15) is 5.21 Å². The van der Waals surface area contributed by atoms with Crippen LogP contribution in [0.4, 0.5) is 0 Å². The van der Waals surface area contributed by atoms with Crippen LogP contribution in [0.2, 0.25) is 0 Å². The van der Waals surface area contributed by atoms with Gasteiger partial charge in [0.25, 0.3) is 0 Å². The third kappa shape index (κ3) is 3.84. The van der Waals surface area contributed by atoms with E-state index in [1.807, 2.05) is 20.8 Å². The van der Waals surface area contributed by atoms with Crippen molar-refractivity contribution < 1.29 is 5.21 Å². The van der Waals surface area contributed by atoms with E-state index < -0.39 is 0 Å². The second-order valence-electron chi connectivity index (χ2n) is 5.31. The first-order chi connectivity index (χ1) is 7.23. The van der Waals surface area contributed by atoms with Crippen molar-refractivity contribution in [1.82, 2.24) is 0 Å². The van der Waals surface area contributed by atoms with Crippen molar-refractivity contribution in [3.63, 3.8) is 0 Å².